The molecule has 0 bridgehead atoms. The van der Waals surface area contributed by atoms with E-state index in [1.807, 2.05) is 19.1 Å². The summed E-state index contributed by atoms with van der Waals surface area (Å²) in [5.74, 6) is -0.682. The highest BCUT2D eigenvalue weighted by Gasteiger charge is 2.35. The van der Waals surface area contributed by atoms with Gasteiger partial charge in [-0.2, -0.15) is 0 Å². The quantitative estimate of drug-likeness (QED) is 0.698. The monoisotopic (exact) mass is 406 g/mol. The number of carbonyl (C=O) groups is 2. The smallest absolute Gasteiger partial charge is 0.231 e. The van der Waals surface area contributed by atoms with E-state index in [4.69, 9.17) is 11.6 Å². The average Bonchev–Trinajstić information content (AvgIpc) is 3.24. The molecule has 0 radical (unpaired) electrons. The van der Waals surface area contributed by atoms with E-state index in [1.165, 1.54) is 11.3 Å². The Morgan fingerprint density at radius 1 is 1.37 bits per heavy atom. The Morgan fingerprint density at radius 3 is 2.93 bits per heavy atom. The highest BCUT2D eigenvalue weighted by atomic mass is 35.5. The van der Waals surface area contributed by atoms with Gasteiger partial charge in [-0.25, -0.2) is 0 Å². The van der Waals surface area contributed by atoms with E-state index in [0.29, 0.717) is 16.7 Å². The zero-order chi connectivity index (χ0) is 19.4. The number of aromatic nitrogens is 2. The van der Waals surface area contributed by atoms with Crippen LogP contribution in [0.15, 0.2) is 18.2 Å². The third-order valence-electron chi connectivity index (χ3n) is 4.65. The first-order chi connectivity index (χ1) is 13.0. The molecule has 2 heterocycles. The Morgan fingerprint density at radius 2 is 2.19 bits per heavy atom. The summed E-state index contributed by atoms with van der Waals surface area (Å²) in [6, 6.07) is 5.49. The average molecular weight is 407 g/mol. The van der Waals surface area contributed by atoms with Crippen molar-refractivity contribution in [2.45, 2.75) is 46.0 Å². The first kappa shape index (κ1) is 19.8. The van der Waals surface area contributed by atoms with Crippen molar-refractivity contribution in [1.82, 2.24) is 10.2 Å². The molecular weight excluding hydrogens is 384 g/mol. The minimum Gasteiger partial charge on any atom is -0.312 e. The van der Waals surface area contributed by atoms with E-state index in [1.54, 1.807) is 11.0 Å². The van der Waals surface area contributed by atoms with Crippen LogP contribution in [0.1, 0.15) is 43.2 Å². The zero-order valence-electron chi connectivity index (χ0n) is 15.5. The summed E-state index contributed by atoms with van der Waals surface area (Å²) < 4.78 is 0. The third kappa shape index (κ3) is 4.84. The lowest BCUT2D eigenvalue weighted by Gasteiger charge is -2.17. The van der Waals surface area contributed by atoms with Gasteiger partial charge in [0.1, 0.15) is 5.01 Å². The van der Waals surface area contributed by atoms with Gasteiger partial charge in [0, 0.05) is 30.1 Å². The number of unbranched alkanes of at least 4 members (excludes halogenated alkanes) is 2. The molecular formula is C19H23ClN4O2S. The molecule has 6 nitrogen and oxygen atoms in total. The maximum absolute atomic E-state index is 12.6. The third-order valence-corrected chi connectivity index (χ3v) is 5.96. The van der Waals surface area contributed by atoms with E-state index in [2.05, 4.69) is 22.4 Å². The van der Waals surface area contributed by atoms with Crippen LogP contribution in [0.5, 0.6) is 0 Å². The minimum absolute atomic E-state index is 0.0763. The predicted octanol–water partition coefficient (Wildman–Crippen LogP) is 4.22. The molecule has 144 valence electrons. The van der Waals surface area contributed by atoms with Gasteiger partial charge in [0.05, 0.1) is 5.92 Å². The Hall–Kier alpha value is -1.99. The van der Waals surface area contributed by atoms with Gasteiger partial charge in [0.25, 0.3) is 0 Å². The summed E-state index contributed by atoms with van der Waals surface area (Å²) in [6.45, 7) is 4.40. The lowest BCUT2D eigenvalue weighted by atomic mass is 10.1. The molecule has 0 saturated carbocycles. The Balaban J connectivity index is 1.59. The van der Waals surface area contributed by atoms with E-state index >= 15 is 0 Å². The maximum atomic E-state index is 12.6. The van der Waals surface area contributed by atoms with Crippen LogP contribution in [0, 0.1) is 12.8 Å². The van der Waals surface area contributed by atoms with Crippen LogP contribution in [0.25, 0.3) is 0 Å². The second-order valence-electron chi connectivity index (χ2n) is 6.79. The molecule has 0 aliphatic carbocycles. The number of nitrogens with one attached hydrogen (secondary N) is 1. The molecule has 1 aliphatic rings. The first-order valence-electron chi connectivity index (χ1n) is 9.17. The zero-order valence-corrected chi connectivity index (χ0v) is 17.1. The van der Waals surface area contributed by atoms with Crippen molar-refractivity contribution in [2.75, 3.05) is 16.8 Å². The molecule has 1 aromatic heterocycles. The van der Waals surface area contributed by atoms with Crippen molar-refractivity contribution >= 4 is 45.6 Å². The number of hydrogen-bond acceptors (Lipinski definition) is 5. The standard InChI is InChI=1S/C19H23ClN4O2S/c1-3-4-5-6-16-22-23-19(27-16)21-18(26)13-9-17(25)24(11-13)14-8-7-12(2)15(20)10-14/h7-8,10,13H,3-6,9,11H2,1-2H3,(H,21,23,26)/t13-/m0/s1. The predicted molar refractivity (Wildman–Crippen MR) is 108 cm³/mol. The number of aryl methyl sites for hydroxylation is 2. The number of halogens is 1. The van der Waals surface area contributed by atoms with Crippen LogP contribution in [0.4, 0.5) is 10.8 Å². The Bertz CT molecular complexity index is 839. The summed E-state index contributed by atoms with van der Waals surface area (Å²) in [5.41, 5.74) is 1.67. The van der Waals surface area contributed by atoms with Crippen LogP contribution < -0.4 is 10.2 Å². The summed E-state index contributed by atoms with van der Waals surface area (Å²) in [7, 11) is 0. The van der Waals surface area contributed by atoms with Crippen LogP contribution in [-0.2, 0) is 16.0 Å². The molecule has 8 heteroatoms. The van der Waals surface area contributed by atoms with Crippen LogP contribution in [0.2, 0.25) is 5.02 Å². The second-order valence-corrected chi connectivity index (χ2v) is 8.26. The molecule has 2 aromatic rings. The highest BCUT2D eigenvalue weighted by molar-refractivity contribution is 7.15. The van der Waals surface area contributed by atoms with Gasteiger partial charge in [-0.15, -0.1) is 10.2 Å². The van der Waals surface area contributed by atoms with Gasteiger partial charge in [-0.3, -0.25) is 9.59 Å². The van der Waals surface area contributed by atoms with Crippen LogP contribution in [0.3, 0.4) is 0 Å². The van der Waals surface area contributed by atoms with Crippen molar-refractivity contribution in [1.29, 1.82) is 0 Å². The van der Waals surface area contributed by atoms with Crippen molar-refractivity contribution < 1.29 is 9.59 Å². The van der Waals surface area contributed by atoms with Gasteiger partial charge in [0.15, 0.2) is 0 Å². The van der Waals surface area contributed by atoms with E-state index < -0.39 is 5.92 Å². The number of amides is 2. The number of anilines is 2. The number of hydrogen-bond donors (Lipinski definition) is 1. The van der Waals surface area contributed by atoms with Crippen molar-refractivity contribution in [3.8, 4) is 0 Å². The van der Waals surface area contributed by atoms with Crippen molar-refractivity contribution in [3.63, 3.8) is 0 Å². The minimum atomic E-state index is -0.412. The van der Waals surface area contributed by atoms with Gasteiger partial charge >= 0.3 is 0 Å². The highest BCUT2D eigenvalue weighted by Crippen LogP contribution is 2.29. The van der Waals surface area contributed by atoms with Gasteiger partial charge in [0.2, 0.25) is 16.9 Å². The van der Waals surface area contributed by atoms with E-state index in [9.17, 15) is 9.59 Å². The summed E-state index contributed by atoms with van der Waals surface area (Å²) in [5, 5.41) is 13.0. The number of carbonyl (C=O) groups excluding carboxylic acids is 2. The summed E-state index contributed by atoms with van der Waals surface area (Å²) in [4.78, 5) is 26.5. The fourth-order valence-corrected chi connectivity index (χ4v) is 3.98. The van der Waals surface area contributed by atoms with Gasteiger partial charge < -0.3 is 10.2 Å². The Kier molecular flexibility index (Phi) is 6.44. The summed E-state index contributed by atoms with van der Waals surface area (Å²) >= 11 is 7.56. The molecule has 2 amide bonds. The number of benzene rings is 1. The van der Waals surface area contributed by atoms with E-state index in [0.717, 1.165) is 41.9 Å². The molecule has 1 N–H and O–H groups in total. The lowest BCUT2D eigenvalue weighted by molar-refractivity contribution is -0.122. The normalized spacial score (nSPS) is 16.8. The van der Waals surface area contributed by atoms with Crippen molar-refractivity contribution in [2.24, 2.45) is 5.92 Å². The molecule has 1 aliphatic heterocycles. The maximum Gasteiger partial charge on any atom is 0.231 e. The molecule has 1 fully saturated rings. The molecule has 27 heavy (non-hydrogen) atoms. The number of rotatable bonds is 7. The molecule has 1 atom stereocenters. The Labute approximate surface area is 167 Å². The van der Waals surface area contributed by atoms with Gasteiger partial charge in [-0.05, 0) is 31.0 Å². The molecule has 1 saturated heterocycles. The first-order valence-corrected chi connectivity index (χ1v) is 10.4. The lowest BCUT2D eigenvalue weighted by Crippen LogP contribution is -2.28. The molecule has 0 unspecified atom stereocenters. The topological polar surface area (TPSA) is 75.2 Å². The SMILES string of the molecule is CCCCCc1nnc(NC(=O)[C@H]2CC(=O)N(c3ccc(C)c(Cl)c3)C2)s1. The fraction of sp³-hybridized carbons (Fsp3) is 0.474. The fourth-order valence-electron chi connectivity index (χ4n) is 3.02. The molecule has 0 spiro atoms. The molecule has 3 rings (SSSR count). The second kappa shape index (κ2) is 8.80. The van der Waals surface area contributed by atoms with Gasteiger partial charge in [-0.1, -0.05) is 48.8 Å². The molecule has 1 aromatic carbocycles. The van der Waals surface area contributed by atoms with E-state index in [-0.39, 0.29) is 18.2 Å². The largest absolute Gasteiger partial charge is 0.312 e. The van der Waals surface area contributed by atoms with Crippen LogP contribution >= 0.6 is 22.9 Å². The summed E-state index contributed by atoms with van der Waals surface area (Å²) in [6.07, 6.45) is 4.44. The van der Waals surface area contributed by atoms with Crippen molar-refractivity contribution in [3.05, 3.63) is 33.8 Å². The van der Waals surface area contributed by atoms with Crippen LogP contribution in [-0.4, -0.2) is 28.6 Å². The number of nitrogens with zero attached hydrogens (tertiary/aromatic N) is 3.